The van der Waals surface area contributed by atoms with Crippen molar-refractivity contribution in [2.24, 2.45) is 0 Å². The van der Waals surface area contributed by atoms with Crippen LogP contribution in [0.1, 0.15) is 279 Å². The van der Waals surface area contributed by atoms with E-state index in [4.69, 9.17) is 9.47 Å². The summed E-state index contributed by atoms with van der Waals surface area (Å²) in [5.74, 6) is -0.603. The summed E-state index contributed by atoms with van der Waals surface area (Å²) in [6.07, 6.45) is 42.5. The van der Waals surface area contributed by atoms with Crippen LogP contribution < -0.4 is 10.6 Å². The van der Waals surface area contributed by atoms with Gasteiger partial charge in [-0.3, -0.25) is 24.5 Å². The molecule has 0 saturated heterocycles. The van der Waals surface area contributed by atoms with E-state index in [1.165, 1.54) is 109 Å². The van der Waals surface area contributed by atoms with Crippen LogP contribution in [-0.4, -0.2) is 67.0 Å². The topological polar surface area (TPSA) is 114 Å². The molecule has 0 fully saturated rings. The Balaban J connectivity index is 4.73. The van der Waals surface area contributed by atoms with Gasteiger partial charge in [0.05, 0.1) is 0 Å². The average molecular weight is 904 g/mol. The molecule has 0 radical (unpaired) electrons. The molecule has 0 heterocycles. The Labute approximate surface area is 395 Å². The molecule has 2 amide bonds. The number of hydrogen-bond donors (Lipinski definition) is 2. The summed E-state index contributed by atoms with van der Waals surface area (Å²) in [5.41, 5.74) is 0.502. The second-order valence-electron chi connectivity index (χ2n) is 18.9. The van der Waals surface area contributed by atoms with Crippen LogP contribution in [-0.2, 0) is 28.7 Å². The van der Waals surface area contributed by atoms with Crippen LogP contribution in [0.15, 0.2) is 11.8 Å². The van der Waals surface area contributed by atoms with Gasteiger partial charge in [0.2, 0.25) is 5.91 Å². The molecule has 2 N–H and O–H groups in total. The van der Waals surface area contributed by atoms with Gasteiger partial charge in [-0.15, -0.1) is 0 Å². The third-order valence-corrected chi connectivity index (χ3v) is 12.6. The van der Waals surface area contributed by atoms with Crippen molar-refractivity contribution in [1.82, 2.24) is 15.5 Å². The van der Waals surface area contributed by atoms with Crippen molar-refractivity contribution >= 4 is 23.8 Å². The Kier molecular flexibility index (Phi) is 45.3. The Morgan fingerprint density at radius 1 is 0.453 bits per heavy atom. The van der Waals surface area contributed by atoms with Crippen molar-refractivity contribution in [3.63, 3.8) is 0 Å². The van der Waals surface area contributed by atoms with Crippen LogP contribution >= 0.6 is 0 Å². The fourth-order valence-corrected chi connectivity index (χ4v) is 8.37. The summed E-state index contributed by atoms with van der Waals surface area (Å²) in [4.78, 5) is 52.1. The first-order valence-corrected chi connectivity index (χ1v) is 27.6. The zero-order chi connectivity index (χ0) is 47.1. The minimum Gasteiger partial charge on any atom is -0.462 e. The predicted octanol–water partition coefficient (Wildman–Crippen LogP) is 14.8. The molecule has 1 unspecified atom stereocenters. The molecule has 64 heavy (non-hydrogen) atoms. The first-order chi connectivity index (χ1) is 31.2. The van der Waals surface area contributed by atoms with Crippen LogP contribution in [0.3, 0.4) is 0 Å². The zero-order valence-electron chi connectivity index (χ0n) is 43.1. The number of amides is 2. The number of ether oxygens (including phenoxy) is 2. The summed E-state index contributed by atoms with van der Waals surface area (Å²) in [5, 5.41) is 5.72. The molecule has 0 aromatic carbocycles. The van der Waals surface area contributed by atoms with Crippen molar-refractivity contribution in [1.29, 1.82) is 0 Å². The highest BCUT2D eigenvalue weighted by molar-refractivity contribution is 6.03. The first kappa shape index (κ1) is 61.6. The van der Waals surface area contributed by atoms with E-state index < -0.39 is 0 Å². The van der Waals surface area contributed by atoms with Crippen LogP contribution in [0.5, 0.6) is 0 Å². The molecule has 9 heteroatoms. The van der Waals surface area contributed by atoms with Gasteiger partial charge in [0.1, 0.15) is 12.2 Å². The van der Waals surface area contributed by atoms with Gasteiger partial charge in [-0.05, 0) is 110 Å². The molecule has 1 atom stereocenters. The molecule has 376 valence electrons. The second kappa shape index (κ2) is 47.1. The Hall–Kier alpha value is -2.42. The van der Waals surface area contributed by atoms with Gasteiger partial charge >= 0.3 is 11.9 Å². The van der Waals surface area contributed by atoms with Gasteiger partial charge in [0.15, 0.2) is 0 Å². The normalized spacial score (nSPS) is 12.2. The van der Waals surface area contributed by atoms with E-state index >= 15 is 0 Å². The largest absolute Gasteiger partial charge is 0.462 e. The lowest BCUT2D eigenvalue weighted by Crippen LogP contribution is -2.31. The summed E-state index contributed by atoms with van der Waals surface area (Å²) in [7, 11) is 0. The summed E-state index contributed by atoms with van der Waals surface area (Å²) in [6.45, 7) is 16.4. The summed E-state index contributed by atoms with van der Waals surface area (Å²) < 4.78 is 11.9. The number of carbonyl (C=O) groups is 4. The predicted molar refractivity (Wildman–Crippen MR) is 270 cm³/mol. The highest BCUT2D eigenvalue weighted by atomic mass is 16.5. The minimum atomic E-state index is -0.341. The number of carbonyl (C=O) groups excluding carboxylic acids is 4. The van der Waals surface area contributed by atoms with Gasteiger partial charge in [0, 0.05) is 37.6 Å². The Bertz CT molecular complexity index is 1110. The molecule has 0 saturated carbocycles. The zero-order valence-corrected chi connectivity index (χ0v) is 43.1. The fraction of sp³-hybridized carbons (Fsp3) is 0.891. The summed E-state index contributed by atoms with van der Waals surface area (Å²) >= 11 is 0. The number of esters is 2. The number of nitrogens with zero attached hydrogens (tertiary/aromatic N) is 1. The fourth-order valence-electron chi connectivity index (χ4n) is 8.37. The quantitative estimate of drug-likeness (QED) is 0.0353. The van der Waals surface area contributed by atoms with Crippen molar-refractivity contribution in [2.75, 3.05) is 26.2 Å². The van der Waals surface area contributed by atoms with Gasteiger partial charge in [-0.1, -0.05) is 169 Å². The van der Waals surface area contributed by atoms with E-state index in [0.29, 0.717) is 31.3 Å². The lowest BCUT2D eigenvalue weighted by molar-refractivity contribution is -0.150. The van der Waals surface area contributed by atoms with Crippen LogP contribution in [0.25, 0.3) is 0 Å². The molecule has 0 bridgehead atoms. The first-order valence-electron chi connectivity index (χ1n) is 27.6. The van der Waals surface area contributed by atoms with E-state index in [9.17, 15) is 19.2 Å². The lowest BCUT2D eigenvalue weighted by Gasteiger charge is -2.22. The van der Waals surface area contributed by atoms with Gasteiger partial charge in [-0.25, -0.2) is 0 Å². The van der Waals surface area contributed by atoms with Gasteiger partial charge < -0.3 is 19.7 Å². The molecule has 9 nitrogen and oxygen atoms in total. The molecular weight excluding hydrogens is 799 g/mol. The third kappa shape index (κ3) is 41.0. The second-order valence-corrected chi connectivity index (χ2v) is 18.9. The third-order valence-electron chi connectivity index (χ3n) is 12.6. The highest BCUT2D eigenvalue weighted by Gasteiger charge is 2.15. The van der Waals surface area contributed by atoms with Crippen molar-refractivity contribution in [3.8, 4) is 0 Å². The van der Waals surface area contributed by atoms with Crippen molar-refractivity contribution < 1.29 is 28.7 Å². The molecule has 0 aromatic heterocycles. The van der Waals surface area contributed by atoms with Gasteiger partial charge in [-0.2, -0.15) is 0 Å². The molecule has 0 rings (SSSR count). The van der Waals surface area contributed by atoms with E-state index in [2.05, 4.69) is 43.2 Å². The average Bonchev–Trinajstić information content (AvgIpc) is 3.28. The molecule has 0 spiro atoms. The monoisotopic (exact) mass is 904 g/mol. The summed E-state index contributed by atoms with van der Waals surface area (Å²) in [6, 6.07) is 0. The van der Waals surface area contributed by atoms with E-state index in [1.54, 1.807) is 13.1 Å². The minimum absolute atomic E-state index is 0.00117. The number of nitrogens with one attached hydrogen (secondary N) is 2. The molecule has 0 aromatic rings. The van der Waals surface area contributed by atoms with Crippen molar-refractivity contribution in [3.05, 3.63) is 11.8 Å². The molecule has 0 aliphatic heterocycles. The smallest absolute Gasteiger partial charge is 0.306 e. The van der Waals surface area contributed by atoms with Crippen LogP contribution in [0.4, 0.5) is 0 Å². The van der Waals surface area contributed by atoms with E-state index in [-0.39, 0.29) is 36.0 Å². The maximum atomic E-state index is 12.9. The molecule has 0 aliphatic carbocycles. The maximum absolute atomic E-state index is 12.9. The van der Waals surface area contributed by atoms with Crippen LogP contribution in [0, 0.1) is 0 Å². The van der Waals surface area contributed by atoms with E-state index in [0.717, 1.165) is 129 Å². The Morgan fingerprint density at radius 2 is 0.844 bits per heavy atom. The van der Waals surface area contributed by atoms with E-state index in [1.807, 2.05) is 6.92 Å². The number of hydrogen-bond acceptors (Lipinski definition) is 8. The van der Waals surface area contributed by atoms with Crippen LogP contribution in [0.2, 0.25) is 0 Å². The van der Waals surface area contributed by atoms with Gasteiger partial charge in [0.25, 0.3) is 5.91 Å². The lowest BCUT2D eigenvalue weighted by atomic mass is 10.0. The number of imide groups is 1. The maximum Gasteiger partial charge on any atom is 0.306 e. The van der Waals surface area contributed by atoms with Crippen molar-refractivity contribution in [2.45, 2.75) is 291 Å². The SMILES string of the molecule is CCCCCCCCC(CC)OC(=O)CCCCCCCN(CCCCCCCC(=O)OC(CCCCCCCC)CCCCCCCC)CCCN/C=C(\C)C(=O)NC(=O)CCC. The standard InChI is InChI=1S/C55H105N3O6/c1-7-12-15-18-23-30-39-50(11-5)63-53(60)42-33-26-21-28-35-45-58(47-37-44-56-48-49(6)55(62)57-52(59)38-10-4)46-36-29-22-27-34-43-54(61)64-51(40-31-24-19-16-13-8-2)41-32-25-20-17-14-9-3/h48,50-51,56H,7-47H2,1-6H3,(H,57,59,62)/b49-48+. The molecule has 0 aliphatic rings. The number of unbranched alkanes of at least 4 members (excludes halogenated alkanes) is 23. The molecular formula is C55H105N3O6. The Morgan fingerprint density at radius 3 is 1.30 bits per heavy atom. The number of rotatable bonds is 48. The highest BCUT2D eigenvalue weighted by Crippen LogP contribution is 2.19.